The van der Waals surface area contributed by atoms with Crippen molar-refractivity contribution in [2.24, 2.45) is 0 Å². The van der Waals surface area contributed by atoms with Gasteiger partial charge in [0, 0.05) is 17.8 Å². The summed E-state index contributed by atoms with van der Waals surface area (Å²) in [5, 5.41) is 2.92. The molecule has 0 aliphatic heterocycles. The van der Waals surface area contributed by atoms with Gasteiger partial charge in [0.2, 0.25) is 0 Å². The van der Waals surface area contributed by atoms with Gasteiger partial charge in [-0.15, -0.1) is 0 Å². The predicted octanol–water partition coefficient (Wildman–Crippen LogP) is 4.66. The van der Waals surface area contributed by atoms with Gasteiger partial charge in [-0.2, -0.15) is 0 Å². The lowest BCUT2D eigenvalue weighted by Gasteiger charge is -2.09. The molecule has 0 saturated carbocycles. The molecule has 0 amide bonds. The average molecular weight is 363 g/mol. The van der Waals surface area contributed by atoms with E-state index in [9.17, 15) is 4.79 Å². The van der Waals surface area contributed by atoms with E-state index in [-0.39, 0.29) is 5.56 Å². The summed E-state index contributed by atoms with van der Waals surface area (Å²) in [7, 11) is 0. The fraction of sp³-hybridized carbons (Fsp3) is 0.0417. The fourth-order valence-electron chi connectivity index (χ4n) is 3.53. The van der Waals surface area contributed by atoms with E-state index in [1.807, 2.05) is 54.9 Å². The zero-order chi connectivity index (χ0) is 18.9. The van der Waals surface area contributed by atoms with Crippen molar-refractivity contribution >= 4 is 21.7 Å². The number of hydrogen-bond acceptors (Lipinski definition) is 3. The van der Waals surface area contributed by atoms with Crippen molar-refractivity contribution in [2.75, 3.05) is 0 Å². The molecule has 0 saturated heterocycles. The van der Waals surface area contributed by atoms with Crippen LogP contribution in [0.25, 0.3) is 32.8 Å². The maximum absolute atomic E-state index is 12.8. The molecule has 0 radical (unpaired) electrons. The van der Waals surface area contributed by atoms with E-state index in [4.69, 9.17) is 0 Å². The van der Waals surface area contributed by atoms with Gasteiger partial charge < -0.3 is 0 Å². The highest BCUT2D eigenvalue weighted by Crippen LogP contribution is 2.25. The highest BCUT2D eigenvalue weighted by molar-refractivity contribution is 5.86. The van der Waals surface area contributed by atoms with Gasteiger partial charge in [0.25, 0.3) is 5.56 Å². The number of fused-ring (bicyclic) bond motifs is 2. The monoisotopic (exact) mass is 363 g/mol. The second-order valence-corrected chi connectivity index (χ2v) is 6.83. The van der Waals surface area contributed by atoms with E-state index in [1.165, 1.54) is 0 Å². The van der Waals surface area contributed by atoms with Gasteiger partial charge in [-0.3, -0.25) is 14.3 Å². The summed E-state index contributed by atoms with van der Waals surface area (Å²) in [6.07, 6.45) is 5.30. The molecule has 4 heteroatoms. The van der Waals surface area contributed by atoms with E-state index >= 15 is 0 Å². The Labute approximate surface area is 161 Å². The van der Waals surface area contributed by atoms with Crippen molar-refractivity contribution in [1.29, 1.82) is 0 Å². The van der Waals surface area contributed by atoms with Crippen molar-refractivity contribution in [3.05, 3.63) is 107 Å². The first kappa shape index (κ1) is 16.4. The maximum atomic E-state index is 12.8. The van der Waals surface area contributed by atoms with E-state index in [0.29, 0.717) is 11.9 Å². The lowest BCUT2D eigenvalue weighted by Crippen LogP contribution is -2.21. The minimum atomic E-state index is -0.0193. The van der Waals surface area contributed by atoms with Crippen molar-refractivity contribution in [2.45, 2.75) is 6.54 Å². The second kappa shape index (κ2) is 6.74. The van der Waals surface area contributed by atoms with Crippen LogP contribution in [0.2, 0.25) is 0 Å². The Balaban J connectivity index is 1.52. The number of hydrogen-bond donors (Lipinski definition) is 0. The van der Waals surface area contributed by atoms with Crippen molar-refractivity contribution < 1.29 is 0 Å². The molecule has 0 fully saturated rings. The zero-order valence-electron chi connectivity index (χ0n) is 15.1. The molecule has 5 aromatic rings. The van der Waals surface area contributed by atoms with Crippen LogP contribution < -0.4 is 5.56 Å². The molecule has 4 nitrogen and oxygen atoms in total. The highest BCUT2D eigenvalue weighted by atomic mass is 16.1. The van der Waals surface area contributed by atoms with E-state index in [1.54, 1.807) is 10.9 Å². The third-order valence-corrected chi connectivity index (χ3v) is 4.99. The van der Waals surface area contributed by atoms with Crippen molar-refractivity contribution in [3.63, 3.8) is 0 Å². The van der Waals surface area contributed by atoms with Gasteiger partial charge >= 0.3 is 0 Å². The summed E-state index contributed by atoms with van der Waals surface area (Å²) < 4.78 is 1.66. The van der Waals surface area contributed by atoms with Crippen LogP contribution in [-0.2, 0) is 6.54 Å². The summed E-state index contributed by atoms with van der Waals surface area (Å²) in [5.74, 6) is 0. The summed E-state index contributed by atoms with van der Waals surface area (Å²) in [4.78, 5) is 21.3. The third kappa shape index (κ3) is 2.95. The van der Waals surface area contributed by atoms with Gasteiger partial charge in [-0.05, 0) is 52.4 Å². The molecule has 0 aliphatic rings. The molecule has 0 aliphatic carbocycles. The average Bonchev–Trinajstić information content (AvgIpc) is 2.76. The number of nitrogens with zero attached hydrogens (tertiary/aromatic N) is 3. The van der Waals surface area contributed by atoms with Crippen LogP contribution in [0.4, 0.5) is 0 Å². The van der Waals surface area contributed by atoms with Crippen LogP contribution in [0.1, 0.15) is 5.56 Å². The molecule has 134 valence electrons. The normalized spacial score (nSPS) is 11.1. The number of benzene rings is 3. The van der Waals surface area contributed by atoms with Gasteiger partial charge in [0.05, 0.1) is 23.8 Å². The quantitative estimate of drug-likeness (QED) is 0.468. The van der Waals surface area contributed by atoms with Gasteiger partial charge in [0.1, 0.15) is 0 Å². The lowest BCUT2D eigenvalue weighted by molar-refractivity contribution is 0.748. The SMILES string of the molecule is O=c1c2ccccc2ncn1Cc1cccc(-c2ccc3cnccc3c2)c1. The smallest absolute Gasteiger partial charge is 0.261 e. The number of para-hydroxylation sites is 1. The number of aromatic nitrogens is 3. The summed E-state index contributed by atoms with van der Waals surface area (Å²) in [5.41, 5.74) is 4.03. The number of pyridine rings is 1. The minimum Gasteiger partial charge on any atom is -0.294 e. The van der Waals surface area contributed by atoms with E-state index in [0.717, 1.165) is 33.0 Å². The Morgan fingerprint density at radius 1 is 0.821 bits per heavy atom. The minimum absolute atomic E-state index is 0.0193. The largest absolute Gasteiger partial charge is 0.294 e. The van der Waals surface area contributed by atoms with Crippen LogP contribution in [0.15, 0.2) is 96.3 Å². The first-order valence-electron chi connectivity index (χ1n) is 9.15. The molecule has 2 aromatic heterocycles. The Kier molecular flexibility index (Phi) is 3.95. The first-order valence-corrected chi connectivity index (χ1v) is 9.15. The number of rotatable bonds is 3. The summed E-state index contributed by atoms with van der Waals surface area (Å²) in [6.45, 7) is 0.488. The topological polar surface area (TPSA) is 47.8 Å². The molecule has 5 rings (SSSR count). The molecule has 0 spiro atoms. The molecule has 2 heterocycles. The first-order chi connectivity index (χ1) is 13.8. The van der Waals surface area contributed by atoms with Gasteiger partial charge in [-0.1, -0.05) is 42.5 Å². The Bertz CT molecular complexity index is 1370. The molecule has 0 bridgehead atoms. The van der Waals surface area contributed by atoms with Crippen molar-refractivity contribution in [3.8, 4) is 11.1 Å². The Morgan fingerprint density at radius 3 is 2.68 bits per heavy atom. The Morgan fingerprint density at radius 2 is 1.71 bits per heavy atom. The van der Waals surface area contributed by atoms with E-state index < -0.39 is 0 Å². The molecule has 28 heavy (non-hydrogen) atoms. The second-order valence-electron chi connectivity index (χ2n) is 6.83. The molecular weight excluding hydrogens is 346 g/mol. The zero-order valence-corrected chi connectivity index (χ0v) is 15.1. The third-order valence-electron chi connectivity index (χ3n) is 4.99. The van der Waals surface area contributed by atoms with Crippen LogP contribution in [0, 0.1) is 0 Å². The maximum Gasteiger partial charge on any atom is 0.261 e. The lowest BCUT2D eigenvalue weighted by atomic mass is 10.0. The summed E-state index contributed by atoms with van der Waals surface area (Å²) >= 11 is 0. The van der Waals surface area contributed by atoms with E-state index in [2.05, 4.69) is 40.3 Å². The molecule has 3 aromatic carbocycles. The fourth-order valence-corrected chi connectivity index (χ4v) is 3.53. The Hall–Kier alpha value is -3.79. The van der Waals surface area contributed by atoms with Gasteiger partial charge in [-0.25, -0.2) is 4.98 Å². The van der Waals surface area contributed by atoms with Crippen LogP contribution in [0.5, 0.6) is 0 Å². The summed E-state index contributed by atoms with van der Waals surface area (Å²) in [6, 6.07) is 24.1. The molecule has 0 N–H and O–H groups in total. The van der Waals surface area contributed by atoms with Crippen molar-refractivity contribution in [1.82, 2.24) is 14.5 Å². The molecule has 0 atom stereocenters. The molecule has 0 unspecified atom stereocenters. The van der Waals surface area contributed by atoms with Gasteiger partial charge in [0.15, 0.2) is 0 Å². The highest BCUT2D eigenvalue weighted by Gasteiger charge is 2.06. The van der Waals surface area contributed by atoms with Crippen LogP contribution >= 0.6 is 0 Å². The standard InChI is InChI=1S/C24H17N3O/c28-24-22-6-1-2-7-23(22)26-16-27(24)15-17-4-3-5-18(12-17)19-8-9-21-14-25-11-10-20(21)13-19/h1-14,16H,15H2. The molecular formula is C24H17N3O. The van der Waals surface area contributed by atoms with Crippen LogP contribution in [-0.4, -0.2) is 14.5 Å². The van der Waals surface area contributed by atoms with Crippen LogP contribution in [0.3, 0.4) is 0 Å². The predicted molar refractivity (Wildman–Crippen MR) is 112 cm³/mol.